The van der Waals surface area contributed by atoms with Gasteiger partial charge < -0.3 is 10.2 Å². The summed E-state index contributed by atoms with van der Waals surface area (Å²) in [7, 11) is 0. The highest BCUT2D eigenvalue weighted by molar-refractivity contribution is 5.66. The second-order valence-corrected chi connectivity index (χ2v) is 6.64. The molecule has 0 aliphatic rings. The Kier molecular flexibility index (Phi) is 19.0. The van der Waals surface area contributed by atoms with Crippen LogP contribution in [0.25, 0.3) is 0 Å². The Morgan fingerprint density at radius 1 is 0.815 bits per heavy atom. The van der Waals surface area contributed by atoms with E-state index in [4.69, 9.17) is 5.11 Å². The molecule has 3 nitrogen and oxygen atoms in total. The minimum Gasteiger partial charge on any atom is -0.481 e. The van der Waals surface area contributed by atoms with Crippen LogP contribution in [0, 0.1) is 0 Å². The van der Waals surface area contributed by atoms with Crippen molar-refractivity contribution < 1.29 is 15.0 Å². The number of hydrogen-bond acceptors (Lipinski definition) is 2. The van der Waals surface area contributed by atoms with E-state index in [2.05, 4.69) is 43.4 Å². The zero-order chi connectivity index (χ0) is 20.0. The second-order valence-electron chi connectivity index (χ2n) is 6.64. The number of rotatable bonds is 17. The monoisotopic (exact) mass is 374 g/mol. The minimum atomic E-state index is -0.715. The van der Waals surface area contributed by atoms with E-state index in [9.17, 15) is 9.90 Å². The largest absolute Gasteiger partial charge is 0.481 e. The van der Waals surface area contributed by atoms with Gasteiger partial charge in [-0.3, -0.25) is 4.79 Å². The highest BCUT2D eigenvalue weighted by atomic mass is 16.4. The first kappa shape index (κ1) is 25.1. The van der Waals surface area contributed by atoms with Crippen LogP contribution in [-0.4, -0.2) is 22.3 Å². The summed E-state index contributed by atoms with van der Waals surface area (Å²) in [6.45, 7) is 2.20. The average Bonchev–Trinajstić information content (AvgIpc) is 2.64. The third-order valence-corrected chi connectivity index (χ3v) is 3.99. The molecule has 0 aromatic heterocycles. The van der Waals surface area contributed by atoms with E-state index in [0.29, 0.717) is 6.42 Å². The van der Waals surface area contributed by atoms with Crippen LogP contribution in [-0.2, 0) is 4.79 Å². The van der Waals surface area contributed by atoms with Gasteiger partial charge in [-0.1, -0.05) is 80.5 Å². The van der Waals surface area contributed by atoms with Gasteiger partial charge in [-0.05, 0) is 51.4 Å². The van der Waals surface area contributed by atoms with Crippen LogP contribution in [0.15, 0.2) is 60.8 Å². The summed E-state index contributed by atoms with van der Waals surface area (Å²) in [5.41, 5.74) is 0. The molecule has 0 radical (unpaired) electrons. The fourth-order valence-corrected chi connectivity index (χ4v) is 2.39. The Morgan fingerprint density at radius 3 is 2.15 bits per heavy atom. The van der Waals surface area contributed by atoms with E-state index in [1.165, 1.54) is 19.3 Å². The maximum Gasteiger partial charge on any atom is 0.303 e. The molecule has 3 heteroatoms. The number of aliphatic hydroxyl groups excluding tert-OH is 1. The maximum atomic E-state index is 10.4. The number of aliphatic carboxylic acids is 1. The van der Waals surface area contributed by atoms with Crippen molar-refractivity contribution in [3.05, 3.63) is 60.8 Å². The summed E-state index contributed by atoms with van der Waals surface area (Å²) in [6, 6.07) is 0. The van der Waals surface area contributed by atoms with Gasteiger partial charge in [0.05, 0.1) is 6.10 Å². The van der Waals surface area contributed by atoms with Crippen LogP contribution in [0.3, 0.4) is 0 Å². The molecule has 152 valence electrons. The molecule has 0 aromatic carbocycles. The van der Waals surface area contributed by atoms with E-state index in [-0.39, 0.29) is 6.42 Å². The Hall–Kier alpha value is -1.87. The summed E-state index contributed by atoms with van der Waals surface area (Å²) >= 11 is 0. The van der Waals surface area contributed by atoms with Crippen molar-refractivity contribution in [3.8, 4) is 0 Å². The third kappa shape index (κ3) is 22.1. The van der Waals surface area contributed by atoms with Crippen LogP contribution in [0.1, 0.15) is 77.6 Å². The van der Waals surface area contributed by atoms with E-state index in [1.54, 1.807) is 0 Å². The predicted octanol–water partition coefficient (Wildman–Crippen LogP) is 6.52. The van der Waals surface area contributed by atoms with Gasteiger partial charge in [0.1, 0.15) is 0 Å². The molecule has 27 heavy (non-hydrogen) atoms. The van der Waals surface area contributed by atoms with E-state index < -0.39 is 12.1 Å². The van der Waals surface area contributed by atoms with Crippen LogP contribution in [0.4, 0.5) is 0 Å². The molecule has 0 amide bonds. The van der Waals surface area contributed by atoms with Gasteiger partial charge in [-0.2, -0.15) is 0 Å². The lowest BCUT2D eigenvalue weighted by Crippen LogP contribution is -1.98. The number of hydrogen-bond donors (Lipinski definition) is 2. The zero-order valence-corrected chi connectivity index (χ0v) is 16.9. The fraction of sp³-hybridized carbons (Fsp3) is 0.542. The quantitative estimate of drug-likeness (QED) is 0.173. The molecule has 1 unspecified atom stereocenters. The van der Waals surface area contributed by atoms with Crippen LogP contribution >= 0.6 is 0 Å². The lowest BCUT2D eigenvalue weighted by molar-refractivity contribution is -0.137. The normalized spacial score (nSPS) is 13.9. The lowest BCUT2D eigenvalue weighted by Gasteiger charge is -1.98. The number of allylic oxidation sites excluding steroid dienone is 8. The van der Waals surface area contributed by atoms with Gasteiger partial charge in [0.15, 0.2) is 0 Å². The van der Waals surface area contributed by atoms with Crippen LogP contribution in [0.2, 0.25) is 0 Å². The molecule has 0 aromatic rings. The van der Waals surface area contributed by atoms with Crippen molar-refractivity contribution in [2.24, 2.45) is 0 Å². The number of aliphatic hydroxyl groups is 1. The number of carbonyl (C=O) groups is 1. The summed E-state index contributed by atoms with van der Waals surface area (Å²) in [6.07, 6.45) is 30.3. The van der Waals surface area contributed by atoms with Crippen LogP contribution < -0.4 is 0 Å². The molecule has 0 saturated carbocycles. The number of carboxylic acids is 1. The molecule has 0 rings (SSSR count). The van der Waals surface area contributed by atoms with E-state index in [1.807, 2.05) is 24.3 Å². The summed E-state index contributed by atoms with van der Waals surface area (Å²) in [5.74, 6) is -0.715. The standard InChI is InChI=1S/C24H38O3/c1-2-3-4-5-11-14-17-20-23(25)21-18-15-12-9-7-6-8-10-13-16-19-22-24(26)27/h7-11,14-15,17-18,20,23,25H,2-6,12-13,16,19,21-22H2,1H3,(H,26,27)/b9-7-,10-8-,14-11-,18-15-,20-17+. The molecular weight excluding hydrogens is 336 g/mol. The topological polar surface area (TPSA) is 57.5 Å². The Bertz CT molecular complexity index is 484. The molecule has 0 aliphatic heterocycles. The first-order valence-electron chi connectivity index (χ1n) is 10.3. The van der Waals surface area contributed by atoms with Gasteiger partial charge in [0, 0.05) is 6.42 Å². The summed E-state index contributed by atoms with van der Waals surface area (Å²) in [5, 5.41) is 18.4. The van der Waals surface area contributed by atoms with Gasteiger partial charge in [-0.25, -0.2) is 0 Å². The SMILES string of the molecule is CCCCC/C=C\C=C\C(O)C/C=C\C/C=C\C/C=C\CCCCC(=O)O. The summed E-state index contributed by atoms with van der Waals surface area (Å²) in [4.78, 5) is 10.4. The second kappa shape index (κ2) is 20.4. The van der Waals surface area contributed by atoms with Crippen molar-refractivity contribution >= 4 is 5.97 Å². The summed E-state index contributed by atoms with van der Waals surface area (Å²) < 4.78 is 0. The Balaban J connectivity index is 3.61. The van der Waals surface area contributed by atoms with Crippen molar-refractivity contribution in [2.75, 3.05) is 0 Å². The molecule has 0 heterocycles. The fourth-order valence-electron chi connectivity index (χ4n) is 2.39. The first-order valence-corrected chi connectivity index (χ1v) is 10.3. The number of carboxylic acid groups (broad SMARTS) is 1. The first-order chi connectivity index (χ1) is 13.2. The van der Waals surface area contributed by atoms with E-state index >= 15 is 0 Å². The van der Waals surface area contributed by atoms with Gasteiger partial charge in [-0.15, -0.1) is 0 Å². The smallest absolute Gasteiger partial charge is 0.303 e. The molecule has 0 fully saturated rings. The highest BCUT2D eigenvalue weighted by Gasteiger charge is 1.94. The Labute approximate surface area is 165 Å². The van der Waals surface area contributed by atoms with E-state index in [0.717, 1.165) is 38.5 Å². The maximum absolute atomic E-state index is 10.4. The van der Waals surface area contributed by atoms with Crippen molar-refractivity contribution in [2.45, 2.75) is 83.7 Å². The molecule has 0 spiro atoms. The molecule has 1 atom stereocenters. The van der Waals surface area contributed by atoms with Gasteiger partial charge in [0.2, 0.25) is 0 Å². The molecule has 0 aliphatic carbocycles. The Morgan fingerprint density at radius 2 is 1.44 bits per heavy atom. The van der Waals surface area contributed by atoms with Crippen molar-refractivity contribution in [1.82, 2.24) is 0 Å². The van der Waals surface area contributed by atoms with Gasteiger partial charge in [0.25, 0.3) is 0 Å². The molecule has 0 bridgehead atoms. The number of unbranched alkanes of at least 4 members (excludes halogenated alkanes) is 5. The molecule has 2 N–H and O–H groups in total. The highest BCUT2D eigenvalue weighted by Crippen LogP contribution is 2.03. The van der Waals surface area contributed by atoms with Gasteiger partial charge >= 0.3 is 5.97 Å². The van der Waals surface area contributed by atoms with Crippen molar-refractivity contribution in [1.29, 1.82) is 0 Å². The lowest BCUT2D eigenvalue weighted by atomic mass is 10.1. The average molecular weight is 375 g/mol. The zero-order valence-electron chi connectivity index (χ0n) is 16.9. The molecular formula is C24H38O3. The van der Waals surface area contributed by atoms with Crippen LogP contribution in [0.5, 0.6) is 0 Å². The third-order valence-electron chi connectivity index (χ3n) is 3.99. The predicted molar refractivity (Wildman–Crippen MR) is 116 cm³/mol. The van der Waals surface area contributed by atoms with Crippen molar-refractivity contribution in [3.63, 3.8) is 0 Å². The minimum absolute atomic E-state index is 0.264. The molecule has 0 saturated heterocycles.